The van der Waals surface area contributed by atoms with Crippen LogP contribution in [0.1, 0.15) is 58.3 Å². The zero-order valence-corrected chi connectivity index (χ0v) is 18.4. The third-order valence-electron chi connectivity index (χ3n) is 5.98. The molecule has 1 amide bonds. The Bertz CT molecular complexity index is 1080. The molecule has 2 aromatic heterocycles. The molecule has 0 bridgehead atoms. The Morgan fingerprint density at radius 3 is 2.57 bits per heavy atom. The van der Waals surface area contributed by atoms with Crippen LogP contribution in [-0.2, 0) is 0 Å². The highest BCUT2D eigenvalue weighted by atomic mass is 32.1. The summed E-state index contributed by atoms with van der Waals surface area (Å²) < 4.78 is 5.81. The molecule has 1 atom stereocenters. The summed E-state index contributed by atoms with van der Waals surface area (Å²) in [6.07, 6.45) is 4.91. The Labute approximate surface area is 180 Å². The Morgan fingerprint density at radius 2 is 1.87 bits per heavy atom. The topological polar surface area (TPSA) is 62.6 Å². The van der Waals surface area contributed by atoms with Gasteiger partial charge in [-0.2, -0.15) is 0 Å². The van der Waals surface area contributed by atoms with Crippen LogP contribution in [0.2, 0.25) is 0 Å². The molecule has 30 heavy (non-hydrogen) atoms. The van der Waals surface area contributed by atoms with Crippen molar-refractivity contribution in [1.82, 2.24) is 10.2 Å². The van der Waals surface area contributed by atoms with E-state index in [1.54, 1.807) is 11.3 Å². The largest absolute Gasteiger partial charge is 0.451 e. The highest BCUT2D eigenvalue weighted by Gasteiger charge is 2.24. The average Bonchev–Trinajstić information content (AvgIpc) is 3.12. The second-order valence-corrected chi connectivity index (χ2v) is 9.08. The van der Waals surface area contributed by atoms with Crippen LogP contribution in [0.5, 0.6) is 0 Å². The van der Waals surface area contributed by atoms with Crippen molar-refractivity contribution in [2.75, 3.05) is 19.6 Å². The maximum absolute atomic E-state index is 12.9. The Morgan fingerprint density at radius 1 is 1.13 bits per heavy atom. The number of nitrogens with one attached hydrogen (secondary N) is 1. The van der Waals surface area contributed by atoms with E-state index in [-0.39, 0.29) is 23.1 Å². The zero-order chi connectivity index (χ0) is 21.1. The number of likely N-dealkylation sites (tertiary alicyclic amines) is 1. The lowest BCUT2D eigenvalue weighted by atomic mass is 10.1. The van der Waals surface area contributed by atoms with Crippen LogP contribution >= 0.6 is 11.3 Å². The van der Waals surface area contributed by atoms with Crippen LogP contribution in [-0.4, -0.2) is 30.4 Å². The van der Waals surface area contributed by atoms with E-state index in [9.17, 15) is 9.59 Å². The maximum atomic E-state index is 12.9. The molecule has 3 aromatic rings. The zero-order valence-electron chi connectivity index (χ0n) is 17.6. The number of thiophene rings is 1. The quantitative estimate of drug-likeness (QED) is 0.638. The Kier molecular flexibility index (Phi) is 6.35. The monoisotopic (exact) mass is 424 g/mol. The van der Waals surface area contributed by atoms with E-state index < -0.39 is 0 Å². The predicted molar refractivity (Wildman–Crippen MR) is 121 cm³/mol. The van der Waals surface area contributed by atoms with Crippen LogP contribution < -0.4 is 10.7 Å². The van der Waals surface area contributed by atoms with Crippen LogP contribution in [0.25, 0.3) is 11.0 Å². The smallest absolute Gasteiger partial charge is 0.287 e. The third kappa shape index (κ3) is 4.50. The number of carbonyl (C=O) groups is 1. The highest BCUT2D eigenvalue weighted by Crippen LogP contribution is 2.27. The van der Waals surface area contributed by atoms with Crippen molar-refractivity contribution in [3.8, 4) is 0 Å². The molecule has 1 N–H and O–H groups in total. The molecule has 1 fully saturated rings. The normalized spacial score (nSPS) is 16.3. The van der Waals surface area contributed by atoms with Gasteiger partial charge in [-0.15, -0.1) is 11.3 Å². The van der Waals surface area contributed by atoms with Gasteiger partial charge in [0, 0.05) is 17.5 Å². The fraction of sp³-hybridized carbons (Fsp3) is 0.417. The van der Waals surface area contributed by atoms with E-state index >= 15 is 0 Å². The summed E-state index contributed by atoms with van der Waals surface area (Å²) in [5.74, 6) is -0.278. The second-order valence-electron chi connectivity index (χ2n) is 8.10. The lowest BCUT2D eigenvalue weighted by molar-refractivity contribution is 0.0907. The number of amides is 1. The van der Waals surface area contributed by atoms with Crippen molar-refractivity contribution < 1.29 is 9.21 Å². The molecular weight excluding hydrogens is 396 g/mol. The molecule has 5 nitrogen and oxygen atoms in total. The van der Waals surface area contributed by atoms with Gasteiger partial charge in [-0.3, -0.25) is 14.5 Å². The molecule has 3 heterocycles. The minimum Gasteiger partial charge on any atom is -0.451 e. The van der Waals surface area contributed by atoms with E-state index in [1.807, 2.05) is 26.0 Å². The first-order valence-electron chi connectivity index (χ1n) is 10.6. The summed E-state index contributed by atoms with van der Waals surface area (Å²) in [4.78, 5) is 29.1. The van der Waals surface area contributed by atoms with Crippen molar-refractivity contribution >= 4 is 28.2 Å². The fourth-order valence-electron chi connectivity index (χ4n) is 4.10. The molecule has 4 rings (SSSR count). The van der Waals surface area contributed by atoms with Gasteiger partial charge in [0.25, 0.3) is 5.91 Å². The van der Waals surface area contributed by atoms with Crippen molar-refractivity contribution in [2.24, 2.45) is 0 Å². The number of benzene rings is 1. The molecule has 158 valence electrons. The van der Waals surface area contributed by atoms with Crippen molar-refractivity contribution in [3.05, 3.63) is 67.7 Å². The summed E-state index contributed by atoms with van der Waals surface area (Å²) in [5, 5.41) is 5.60. The number of hydrogen-bond donors (Lipinski definition) is 1. The number of carbonyl (C=O) groups excluding carboxylic acids is 1. The average molecular weight is 425 g/mol. The summed E-state index contributed by atoms with van der Waals surface area (Å²) in [6, 6.07) is 9.29. The van der Waals surface area contributed by atoms with E-state index in [0.29, 0.717) is 17.5 Å². The van der Waals surface area contributed by atoms with Crippen molar-refractivity contribution in [2.45, 2.75) is 45.6 Å². The first-order valence-corrected chi connectivity index (χ1v) is 11.5. The number of hydrogen-bond acceptors (Lipinski definition) is 5. The van der Waals surface area contributed by atoms with Crippen LogP contribution in [0.3, 0.4) is 0 Å². The molecule has 1 unspecified atom stereocenters. The molecule has 1 aliphatic heterocycles. The van der Waals surface area contributed by atoms with E-state index in [2.05, 4.69) is 27.7 Å². The minimum atomic E-state index is -0.344. The van der Waals surface area contributed by atoms with Gasteiger partial charge in [0.05, 0.1) is 11.4 Å². The number of rotatable bonds is 5. The lowest BCUT2D eigenvalue weighted by Gasteiger charge is -2.30. The molecule has 0 spiro atoms. The maximum Gasteiger partial charge on any atom is 0.287 e. The van der Waals surface area contributed by atoms with Gasteiger partial charge in [0.15, 0.2) is 11.2 Å². The van der Waals surface area contributed by atoms with Crippen molar-refractivity contribution in [1.29, 1.82) is 0 Å². The first kappa shape index (κ1) is 20.8. The molecule has 1 aromatic carbocycles. The standard InChI is InChI=1S/C24H28N2O3S/c1-16-12-18-20(27)14-22(29-21(18)13-17(16)2)24(28)25-15-19(23-8-7-11-30-23)26-9-5-3-4-6-10-26/h7-8,11-14,19H,3-6,9-10,15H2,1-2H3,(H,25,28). The first-order chi connectivity index (χ1) is 14.5. The molecular formula is C24H28N2O3S. The molecule has 1 saturated heterocycles. The van der Waals surface area contributed by atoms with Gasteiger partial charge < -0.3 is 9.73 Å². The minimum absolute atomic E-state index is 0.0662. The fourth-order valence-corrected chi connectivity index (χ4v) is 4.96. The Hall–Kier alpha value is -2.44. The van der Waals surface area contributed by atoms with Gasteiger partial charge in [-0.25, -0.2) is 0 Å². The molecule has 0 radical (unpaired) electrons. The van der Waals surface area contributed by atoms with Gasteiger partial charge in [0.2, 0.25) is 0 Å². The van der Waals surface area contributed by atoms with Gasteiger partial charge in [-0.05, 0) is 74.5 Å². The second kappa shape index (κ2) is 9.14. The van der Waals surface area contributed by atoms with Crippen LogP contribution in [0, 0.1) is 13.8 Å². The molecule has 0 saturated carbocycles. The van der Waals surface area contributed by atoms with Gasteiger partial charge in [-0.1, -0.05) is 18.9 Å². The van der Waals surface area contributed by atoms with Gasteiger partial charge in [0.1, 0.15) is 5.58 Å². The number of nitrogens with zero attached hydrogens (tertiary/aromatic N) is 1. The summed E-state index contributed by atoms with van der Waals surface area (Å²) >= 11 is 1.72. The molecule has 1 aliphatic rings. The Balaban J connectivity index is 1.54. The highest BCUT2D eigenvalue weighted by molar-refractivity contribution is 7.10. The summed E-state index contributed by atoms with van der Waals surface area (Å²) in [5.41, 5.74) is 2.33. The van der Waals surface area contributed by atoms with Gasteiger partial charge >= 0.3 is 0 Å². The van der Waals surface area contributed by atoms with Crippen LogP contribution in [0.4, 0.5) is 0 Å². The lowest BCUT2D eigenvalue weighted by Crippen LogP contribution is -2.38. The van der Waals surface area contributed by atoms with Crippen molar-refractivity contribution in [3.63, 3.8) is 0 Å². The predicted octanol–water partition coefficient (Wildman–Crippen LogP) is 4.82. The third-order valence-corrected chi connectivity index (χ3v) is 6.95. The van der Waals surface area contributed by atoms with E-state index in [4.69, 9.17) is 4.42 Å². The number of aryl methyl sites for hydroxylation is 2. The van der Waals surface area contributed by atoms with E-state index in [1.165, 1.54) is 36.6 Å². The number of fused-ring (bicyclic) bond motifs is 1. The molecule has 0 aliphatic carbocycles. The summed E-state index contributed by atoms with van der Waals surface area (Å²) in [6.45, 7) is 6.51. The molecule has 6 heteroatoms. The summed E-state index contributed by atoms with van der Waals surface area (Å²) in [7, 11) is 0. The SMILES string of the molecule is Cc1cc2oc(C(=O)NCC(c3cccs3)N3CCCCCC3)cc(=O)c2cc1C. The van der Waals surface area contributed by atoms with E-state index in [0.717, 1.165) is 24.2 Å². The van der Waals surface area contributed by atoms with Crippen LogP contribution in [0.15, 0.2) is 44.9 Å².